The molecule has 0 radical (unpaired) electrons. The Bertz CT molecular complexity index is 789. The summed E-state index contributed by atoms with van der Waals surface area (Å²) in [7, 11) is 2.09. The molecule has 3 rings (SSSR count). The Morgan fingerprint density at radius 2 is 2.00 bits per heavy atom. The van der Waals surface area contributed by atoms with Crippen LogP contribution >= 0.6 is 11.6 Å². The van der Waals surface area contributed by atoms with Crippen molar-refractivity contribution in [2.45, 2.75) is 13.0 Å². The van der Waals surface area contributed by atoms with Crippen LogP contribution in [0.2, 0.25) is 5.02 Å². The maximum Gasteiger partial charge on any atom is 0.138 e. The van der Waals surface area contributed by atoms with Gasteiger partial charge in [0.15, 0.2) is 0 Å². The molecule has 0 saturated heterocycles. The molecule has 0 saturated carbocycles. The van der Waals surface area contributed by atoms with Crippen LogP contribution in [0, 0.1) is 0 Å². The van der Waals surface area contributed by atoms with Crippen molar-refractivity contribution in [3.63, 3.8) is 0 Å². The molecule has 2 aromatic carbocycles. The van der Waals surface area contributed by atoms with Crippen molar-refractivity contribution in [1.82, 2.24) is 19.7 Å². The summed E-state index contributed by atoms with van der Waals surface area (Å²) in [6.07, 6.45) is 3.22. The summed E-state index contributed by atoms with van der Waals surface area (Å²) in [4.78, 5) is 6.23. The van der Waals surface area contributed by atoms with Crippen LogP contribution < -0.4 is 4.74 Å². The third kappa shape index (κ3) is 4.59. The number of benzene rings is 2. The lowest BCUT2D eigenvalue weighted by molar-refractivity contribution is 0.201. The molecule has 3 aromatic rings. The van der Waals surface area contributed by atoms with E-state index in [9.17, 15) is 0 Å². The molecule has 0 N–H and O–H groups in total. The fraction of sp³-hybridized carbons (Fsp3) is 0.263. The highest BCUT2D eigenvalue weighted by Crippen LogP contribution is 2.21. The Morgan fingerprint density at radius 3 is 2.68 bits per heavy atom. The van der Waals surface area contributed by atoms with Gasteiger partial charge < -0.3 is 4.74 Å². The molecule has 1 atom stereocenters. The van der Waals surface area contributed by atoms with Crippen LogP contribution in [0.3, 0.4) is 0 Å². The standard InChI is InChI=1S/C19H21ClN4O/c1-15(16-6-8-18(9-7-16)24-14-21-13-22-24)23(2)10-11-25-19-5-3-4-17(20)12-19/h3-9,12-15H,10-11H2,1-2H3. The summed E-state index contributed by atoms with van der Waals surface area (Å²) in [5.41, 5.74) is 2.24. The first-order valence-corrected chi connectivity index (χ1v) is 8.55. The number of nitrogens with zero attached hydrogens (tertiary/aromatic N) is 4. The van der Waals surface area contributed by atoms with E-state index < -0.39 is 0 Å². The Balaban J connectivity index is 1.54. The number of likely N-dealkylation sites (N-methyl/N-ethyl adjacent to an activating group) is 1. The average Bonchev–Trinajstić information content (AvgIpc) is 3.16. The van der Waals surface area contributed by atoms with Crippen LogP contribution in [0.4, 0.5) is 0 Å². The van der Waals surface area contributed by atoms with Gasteiger partial charge in [-0.05, 0) is 49.9 Å². The van der Waals surface area contributed by atoms with E-state index in [-0.39, 0.29) is 6.04 Å². The lowest BCUT2D eigenvalue weighted by atomic mass is 10.1. The van der Waals surface area contributed by atoms with Crippen LogP contribution in [0.15, 0.2) is 61.2 Å². The fourth-order valence-corrected chi connectivity index (χ4v) is 2.74. The molecule has 130 valence electrons. The van der Waals surface area contributed by atoms with E-state index in [4.69, 9.17) is 16.3 Å². The monoisotopic (exact) mass is 356 g/mol. The summed E-state index contributed by atoms with van der Waals surface area (Å²) in [6.45, 7) is 3.61. The van der Waals surface area contributed by atoms with E-state index in [1.54, 1.807) is 11.0 Å². The second kappa shape index (κ2) is 8.14. The SMILES string of the molecule is CC(c1ccc(-n2cncn2)cc1)N(C)CCOc1cccc(Cl)c1. The van der Waals surface area contributed by atoms with E-state index in [0.29, 0.717) is 11.6 Å². The Kier molecular flexibility index (Phi) is 5.68. The highest BCUT2D eigenvalue weighted by atomic mass is 35.5. The molecule has 1 heterocycles. The van der Waals surface area contributed by atoms with Crippen molar-refractivity contribution in [3.8, 4) is 11.4 Å². The van der Waals surface area contributed by atoms with Crippen molar-refractivity contribution >= 4 is 11.6 Å². The molecule has 0 aliphatic carbocycles. The summed E-state index contributed by atoms with van der Waals surface area (Å²) in [5, 5.41) is 4.83. The molecule has 5 nitrogen and oxygen atoms in total. The zero-order valence-electron chi connectivity index (χ0n) is 14.3. The summed E-state index contributed by atoms with van der Waals surface area (Å²) < 4.78 is 7.51. The first kappa shape index (κ1) is 17.5. The molecule has 0 spiro atoms. The normalized spacial score (nSPS) is 12.3. The Morgan fingerprint density at radius 1 is 1.20 bits per heavy atom. The largest absolute Gasteiger partial charge is 0.492 e. The molecule has 1 unspecified atom stereocenters. The zero-order valence-corrected chi connectivity index (χ0v) is 15.1. The molecular formula is C19H21ClN4O. The van der Waals surface area contributed by atoms with Crippen LogP contribution in [0.1, 0.15) is 18.5 Å². The van der Waals surface area contributed by atoms with Gasteiger partial charge in [-0.1, -0.05) is 29.8 Å². The van der Waals surface area contributed by atoms with Gasteiger partial charge in [0.1, 0.15) is 25.0 Å². The fourth-order valence-electron chi connectivity index (χ4n) is 2.56. The van der Waals surface area contributed by atoms with E-state index >= 15 is 0 Å². The van der Waals surface area contributed by atoms with Crippen LogP contribution in [-0.2, 0) is 0 Å². The molecule has 0 fully saturated rings. The molecule has 6 heteroatoms. The van der Waals surface area contributed by atoms with Gasteiger partial charge in [0, 0.05) is 17.6 Å². The summed E-state index contributed by atoms with van der Waals surface area (Å²) >= 11 is 5.97. The van der Waals surface area contributed by atoms with Crippen molar-refractivity contribution in [2.24, 2.45) is 0 Å². The van der Waals surface area contributed by atoms with Crippen molar-refractivity contribution in [3.05, 3.63) is 71.8 Å². The molecule has 0 bridgehead atoms. The lowest BCUT2D eigenvalue weighted by Gasteiger charge is -2.25. The molecule has 0 aliphatic heterocycles. The number of hydrogen-bond donors (Lipinski definition) is 0. The minimum atomic E-state index is 0.285. The highest BCUT2D eigenvalue weighted by molar-refractivity contribution is 6.30. The third-order valence-corrected chi connectivity index (χ3v) is 4.46. The van der Waals surface area contributed by atoms with Gasteiger partial charge >= 0.3 is 0 Å². The molecule has 1 aromatic heterocycles. The molecule has 0 aliphatic rings. The topological polar surface area (TPSA) is 43.2 Å². The predicted octanol–water partition coefficient (Wildman–Crippen LogP) is 3.99. The van der Waals surface area contributed by atoms with Gasteiger partial charge in [-0.2, -0.15) is 5.10 Å². The Hall–Kier alpha value is -2.37. The summed E-state index contributed by atoms with van der Waals surface area (Å²) in [5.74, 6) is 0.797. The second-order valence-electron chi connectivity index (χ2n) is 5.89. The van der Waals surface area contributed by atoms with Gasteiger partial charge in [-0.3, -0.25) is 4.90 Å². The van der Waals surface area contributed by atoms with Gasteiger partial charge in [0.25, 0.3) is 0 Å². The Labute approximate surface area is 152 Å². The number of rotatable bonds is 7. The second-order valence-corrected chi connectivity index (χ2v) is 6.33. The summed E-state index contributed by atoms with van der Waals surface area (Å²) in [6, 6.07) is 16.1. The first-order chi connectivity index (χ1) is 12.1. The smallest absolute Gasteiger partial charge is 0.138 e. The molecular weight excluding hydrogens is 336 g/mol. The van der Waals surface area contributed by atoms with Crippen LogP contribution in [-0.4, -0.2) is 39.9 Å². The van der Waals surface area contributed by atoms with Crippen LogP contribution in [0.25, 0.3) is 5.69 Å². The van der Waals surface area contributed by atoms with E-state index in [2.05, 4.69) is 53.2 Å². The van der Waals surface area contributed by atoms with Gasteiger partial charge in [-0.25, -0.2) is 9.67 Å². The van der Waals surface area contributed by atoms with Crippen molar-refractivity contribution in [2.75, 3.05) is 20.2 Å². The van der Waals surface area contributed by atoms with Gasteiger partial charge in [0.05, 0.1) is 5.69 Å². The van der Waals surface area contributed by atoms with Crippen molar-refractivity contribution < 1.29 is 4.74 Å². The van der Waals surface area contributed by atoms with E-state index in [0.717, 1.165) is 18.0 Å². The molecule has 25 heavy (non-hydrogen) atoms. The average molecular weight is 357 g/mol. The van der Waals surface area contributed by atoms with Gasteiger partial charge in [-0.15, -0.1) is 0 Å². The quantitative estimate of drug-likeness (QED) is 0.642. The van der Waals surface area contributed by atoms with Crippen molar-refractivity contribution in [1.29, 1.82) is 0 Å². The minimum absolute atomic E-state index is 0.285. The van der Waals surface area contributed by atoms with Crippen LogP contribution in [0.5, 0.6) is 5.75 Å². The van der Waals surface area contributed by atoms with Gasteiger partial charge in [0.2, 0.25) is 0 Å². The predicted molar refractivity (Wildman–Crippen MR) is 99.4 cm³/mol. The van der Waals surface area contributed by atoms with E-state index in [1.165, 1.54) is 11.9 Å². The third-order valence-electron chi connectivity index (χ3n) is 4.23. The minimum Gasteiger partial charge on any atom is -0.492 e. The number of halogens is 1. The maximum atomic E-state index is 5.97. The highest BCUT2D eigenvalue weighted by Gasteiger charge is 2.12. The lowest BCUT2D eigenvalue weighted by Crippen LogP contribution is -2.27. The van der Waals surface area contributed by atoms with E-state index in [1.807, 2.05) is 24.3 Å². The number of aromatic nitrogens is 3. The number of ether oxygens (including phenoxy) is 1. The number of hydrogen-bond acceptors (Lipinski definition) is 4. The molecule has 0 amide bonds. The maximum absolute atomic E-state index is 5.97. The zero-order chi connectivity index (χ0) is 17.6. The first-order valence-electron chi connectivity index (χ1n) is 8.17.